The van der Waals surface area contributed by atoms with E-state index in [0.29, 0.717) is 12.1 Å². The van der Waals surface area contributed by atoms with Crippen LogP contribution in [-0.4, -0.2) is 27.5 Å². The summed E-state index contributed by atoms with van der Waals surface area (Å²) in [5, 5.41) is 0. The van der Waals surface area contributed by atoms with Crippen LogP contribution in [0.5, 0.6) is 0 Å². The maximum absolute atomic E-state index is 4.69. The fourth-order valence-corrected chi connectivity index (χ4v) is 3.54. The van der Waals surface area contributed by atoms with Crippen LogP contribution in [0.1, 0.15) is 30.4 Å². The number of aromatic nitrogens is 2. The molecule has 22 heavy (non-hydrogen) atoms. The molecule has 0 aliphatic carbocycles. The lowest BCUT2D eigenvalue weighted by molar-refractivity contribution is 0.0672. The molecule has 0 radical (unpaired) electrons. The SMILES string of the molecule is Cc1nc2ccccc2n1C1CN(C(C)c2ccccc2)C1. The first-order valence-corrected chi connectivity index (χ1v) is 7.96. The van der Waals surface area contributed by atoms with Crippen LogP contribution in [0.3, 0.4) is 0 Å². The Hall–Kier alpha value is -2.13. The second-order valence-electron chi connectivity index (χ2n) is 6.21. The molecular formula is C19H21N3. The highest BCUT2D eigenvalue weighted by Crippen LogP contribution is 2.33. The quantitative estimate of drug-likeness (QED) is 0.728. The van der Waals surface area contributed by atoms with Gasteiger partial charge in [-0.15, -0.1) is 0 Å². The number of likely N-dealkylation sites (tertiary alicyclic amines) is 1. The van der Waals surface area contributed by atoms with Crippen LogP contribution >= 0.6 is 0 Å². The van der Waals surface area contributed by atoms with E-state index in [4.69, 9.17) is 0 Å². The first-order valence-electron chi connectivity index (χ1n) is 7.96. The van der Waals surface area contributed by atoms with Crippen molar-refractivity contribution in [2.24, 2.45) is 0 Å². The Balaban J connectivity index is 1.54. The predicted molar refractivity (Wildman–Crippen MR) is 89.9 cm³/mol. The van der Waals surface area contributed by atoms with Gasteiger partial charge in [0.1, 0.15) is 5.82 Å². The molecule has 3 nitrogen and oxygen atoms in total. The number of para-hydroxylation sites is 2. The Morgan fingerprint density at radius 2 is 1.68 bits per heavy atom. The normalized spacial score (nSPS) is 17.5. The zero-order chi connectivity index (χ0) is 15.1. The lowest BCUT2D eigenvalue weighted by Crippen LogP contribution is -2.48. The van der Waals surface area contributed by atoms with Crippen LogP contribution < -0.4 is 0 Å². The molecule has 1 atom stereocenters. The molecule has 1 aliphatic rings. The molecule has 3 heteroatoms. The van der Waals surface area contributed by atoms with Gasteiger partial charge < -0.3 is 4.57 Å². The Morgan fingerprint density at radius 3 is 2.45 bits per heavy atom. The molecule has 0 saturated carbocycles. The predicted octanol–water partition coefficient (Wildman–Crippen LogP) is 3.96. The molecule has 0 N–H and O–H groups in total. The molecule has 112 valence electrons. The molecular weight excluding hydrogens is 270 g/mol. The second kappa shape index (κ2) is 5.25. The summed E-state index contributed by atoms with van der Waals surface area (Å²) in [5.41, 5.74) is 3.76. The minimum Gasteiger partial charge on any atom is -0.322 e. The fourth-order valence-electron chi connectivity index (χ4n) is 3.54. The lowest BCUT2D eigenvalue weighted by atomic mass is 10.00. The monoisotopic (exact) mass is 291 g/mol. The van der Waals surface area contributed by atoms with Gasteiger partial charge in [-0.05, 0) is 31.5 Å². The summed E-state index contributed by atoms with van der Waals surface area (Å²) in [6, 6.07) is 20.2. The molecule has 1 saturated heterocycles. The molecule has 0 amide bonds. The number of fused-ring (bicyclic) bond motifs is 1. The number of aryl methyl sites for hydroxylation is 1. The summed E-state index contributed by atoms with van der Waals surface area (Å²) in [5.74, 6) is 1.12. The molecule has 1 aromatic heterocycles. The molecule has 1 aliphatic heterocycles. The second-order valence-corrected chi connectivity index (χ2v) is 6.21. The molecule has 2 heterocycles. The molecule has 0 bridgehead atoms. The summed E-state index contributed by atoms with van der Waals surface area (Å²) in [7, 11) is 0. The van der Waals surface area contributed by atoms with Crippen molar-refractivity contribution >= 4 is 11.0 Å². The van der Waals surface area contributed by atoms with E-state index in [-0.39, 0.29) is 0 Å². The van der Waals surface area contributed by atoms with Crippen molar-refractivity contribution in [2.75, 3.05) is 13.1 Å². The van der Waals surface area contributed by atoms with E-state index in [1.54, 1.807) is 0 Å². The van der Waals surface area contributed by atoms with Crippen molar-refractivity contribution in [3.8, 4) is 0 Å². The van der Waals surface area contributed by atoms with E-state index in [2.05, 4.69) is 82.9 Å². The number of imidazole rings is 1. The van der Waals surface area contributed by atoms with Gasteiger partial charge in [0.15, 0.2) is 0 Å². The standard InChI is InChI=1S/C19H21N3/c1-14(16-8-4-3-5-9-16)21-12-17(13-21)22-15(2)20-18-10-6-7-11-19(18)22/h3-11,14,17H,12-13H2,1-2H3. The summed E-state index contributed by atoms with van der Waals surface area (Å²) >= 11 is 0. The van der Waals surface area contributed by atoms with Crippen molar-refractivity contribution in [3.05, 3.63) is 66.0 Å². The zero-order valence-corrected chi connectivity index (χ0v) is 13.1. The van der Waals surface area contributed by atoms with Crippen LogP contribution in [0.15, 0.2) is 54.6 Å². The lowest BCUT2D eigenvalue weighted by Gasteiger charge is -2.44. The van der Waals surface area contributed by atoms with Crippen LogP contribution in [0.4, 0.5) is 0 Å². The molecule has 3 aromatic rings. The van der Waals surface area contributed by atoms with Crippen molar-refractivity contribution in [1.29, 1.82) is 0 Å². The first-order chi connectivity index (χ1) is 10.7. The number of hydrogen-bond acceptors (Lipinski definition) is 2. The van der Waals surface area contributed by atoms with Gasteiger partial charge in [0, 0.05) is 19.1 Å². The van der Waals surface area contributed by atoms with Crippen LogP contribution in [0.25, 0.3) is 11.0 Å². The molecule has 1 unspecified atom stereocenters. The van der Waals surface area contributed by atoms with E-state index in [1.807, 2.05) is 0 Å². The van der Waals surface area contributed by atoms with Gasteiger partial charge in [-0.1, -0.05) is 42.5 Å². The zero-order valence-electron chi connectivity index (χ0n) is 13.1. The first kappa shape index (κ1) is 13.5. The van der Waals surface area contributed by atoms with Crippen LogP contribution in [0.2, 0.25) is 0 Å². The Kier molecular flexibility index (Phi) is 3.23. The average Bonchev–Trinajstić information content (AvgIpc) is 2.83. The van der Waals surface area contributed by atoms with Crippen molar-refractivity contribution in [1.82, 2.24) is 14.5 Å². The summed E-state index contributed by atoms with van der Waals surface area (Å²) in [6.45, 7) is 6.60. The highest BCUT2D eigenvalue weighted by Gasteiger charge is 2.33. The topological polar surface area (TPSA) is 21.1 Å². The van der Waals surface area contributed by atoms with Gasteiger partial charge in [-0.2, -0.15) is 0 Å². The van der Waals surface area contributed by atoms with Gasteiger partial charge in [-0.25, -0.2) is 4.98 Å². The van der Waals surface area contributed by atoms with E-state index >= 15 is 0 Å². The summed E-state index contributed by atoms with van der Waals surface area (Å²) in [4.78, 5) is 7.22. The van der Waals surface area contributed by atoms with Gasteiger partial charge in [0.2, 0.25) is 0 Å². The van der Waals surface area contributed by atoms with Crippen molar-refractivity contribution in [2.45, 2.75) is 25.9 Å². The largest absolute Gasteiger partial charge is 0.322 e. The maximum Gasteiger partial charge on any atom is 0.107 e. The van der Waals surface area contributed by atoms with Crippen LogP contribution in [-0.2, 0) is 0 Å². The van der Waals surface area contributed by atoms with Gasteiger partial charge in [-0.3, -0.25) is 4.90 Å². The highest BCUT2D eigenvalue weighted by molar-refractivity contribution is 5.76. The Morgan fingerprint density at radius 1 is 1.00 bits per heavy atom. The minimum absolute atomic E-state index is 0.479. The van der Waals surface area contributed by atoms with Gasteiger partial charge >= 0.3 is 0 Å². The summed E-state index contributed by atoms with van der Waals surface area (Å²) < 4.78 is 2.41. The molecule has 2 aromatic carbocycles. The van der Waals surface area contributed by atoms with Gasteiger partial charge in [0.05, 0.1) is 17.1 Å². The molecule has 0 spiro atoms. The fraction of sp³-hybridized carbons (Fsp3) is 0.316. The van der Waals surface area contributed by atoms with Crippen molar-refractivity contribution < 1.29 is 0 Å². The number of benzene rings is 2. The van der Waals surface area contributed by atoms with E-state index in [1.165, 1.54) is 11.1 Å². The number of hydrogen-bond donors (Lipinski definition) is 0. The maximum atomic E-state index is 4.69. The van der Waals surface area contributed by atoms with Crippen LogP contribution in [0, 0.1) is 6.92 Å². The Labute approximate surface area is 131 Å². The van der Waals surface area contributed by atoms with Crippen molar-refractivity contribution in [3.63, 3.8) is 0 Å². The highest BCUT2D eigenvalue weighted by atomic mass is 15.3. The summed E-state index contributed by atoms with van der Waals surface area (Å²) in [6.07, 6.45) is 0. The third-order valence-corrected chi connectivity index (χ3v) is 4.86. The third-order valence-electron chi connectivity index (χ3n) is 4.86. The average molecular weight is 291 g/mol. The van der Waals surface area contributed by atoms with E-state index in [0.717, 1.165) is 24.4 Å². The van der Waals surface area contributed by atoms with E-state index in [9.17, 15) is 0 Å². The smallest absolute Gasteiger partial charge is 0.107 e. The minimum atomic E-state index is 0.479. The Bertz CT molecular complexity index is 785. The number of rotatable bonds is 3. The van der Waals surface area contributed by atoms with E-state index < -0.39 is 0 Å². The van der Waals surface area contributed by atoms with Gasteiger partial charge in [0.25, 0.3) is 0 Å². The third kappa shape index (κ3) is 2.13. The molecule has 1 fully saturated rings. The number of nitrogens with zero attached hydrogens (tertiary/aromatic N) is 3. The molecule has 4 rings (SSSR count).